The van der Waals surface area contributed by atoms with Crippen molar-refractivity contribution in [3.63, 3.8) is 0 Å². The van der Waals surface area contributed by atoms with E-state index in [9.17, 15) is 9.59 Å². The van der Waals surface area contributed by atoms with Gasteiger partial charge in [-0.25, -0.2) is 0 Å². The molecule has 0 spiro atoms. The third kappa shape index (κ3) is 6.15. The van der Waals surface area contributed by atoms with Gasteiger partial charge in [-0.2, -0.15) is 0 Å². The summed E-state index contributed by atoms with van der Waals surface area (Å²) in [6.45, 7) is 6.17. The Morgan fingerprint density at radius 2 is 0.875 bits per heavy atom. The Hall–Kier alpha value is -3.40. The summed E-state index contributed by atoms with van der Waals surface area (Å²) in [5.74, 6) is -0.963. The molecule has 3 aromatic carbocycles. The zero-order valence-electron chi connectivity index (χ0n) is 13.3. The molecule has 0 bridgehead atoms. The van der Waals surface area contributed by atoms with Crippen LogP contribution in [-0.4, -0.2) is 11.8 Å². The predicted molar refractivity (Wildman–Crippen MR) is 100 cm³/mol. The van der Waals surface area contributed by atoms with E-state index in [1.807, 2.05) is 0 Å². The first-order valence-corrected chi connectivity index (χ1v) is 7.19. The zero-order chi connectivity index (χ0) is 17.9. The molecule has 2 amide bonds. The molecule has 4 heteroatoms. The van der Waals surface area contributed by atoms with Crippen LogP contribution in [0.25, 0.3) is 21.5 Å². The van der Waals surface area contributed by atoms with Crippen molar-refractivity contribution < 1.29 is 9.59 Å². The van der Waals surface area contributed by atoms with Crippen molar-refractivity contribution in [1.82, 2.24) is 0 Å². The van der Waals surface area contributed by atoms with Crippen LogP contribution in [0.2, 0.25) is 0 Å². The average Bonchev–Trinajstić information content (AvgIpc) is 2.60. The van der Waals surface area contributed by atoms with Crippen molar-refractivity contribution in [2.24, 2.45) is 11.5 Å². The Morgan fingerprint density at radius 3 is 1.04 bits per heavy atom. The lowest BCUT2D eigenvalue weighted by atomic mass is 10.0. The number of fused-ring (bicyclic) bond motifs is 2. The third-order valence-electron chi connectivity index (χ3n) is 3.02. The molecule has 0 saturated heterocycles. The second kappa shape index (κ2) is 9.58. The first kappa shape index (κ1) is 18.6. The monoisotopic (exact) mass is 320 g/mol. The topological polar surface area (TPSA) is 86.2 Å². The van der Waals surface area contributed by atoms with Gasteiger partial charge in [0.2, 0.25) is 11.8 Å². The molecule has 4 N–H and O–H groups in total. The highest BCUT2D eigenvalue weighted by Crippen LogP contribution is 2.21. The largest absolute Gasteiger partial charge is 0.366 e. The van der Waals surface area contributed by atoms with Gasteiger partial charge in [0.25, 0.3) is 0 Å². The van der Waals surface area contributed by atoms with E-state index in [4.69, 9.17) is 0 Å². The normalized spacial score (nSPS) is 9.00. The second-order valence-corrected chi connectivity index (χ2v) is 4.76. The van der Waals surface area contributed by atoms with Gasteiger partial charge in [0.1, 0.15) is 0 Å². The molecule has 24 heavy (non-hydrogen) atoms. The second-order valence-electron chi connectivity index (χ2n) is 4.76. The molecule has 0 radical (unpaired) electrons. The summed E-state index contributed by atoms with van der Waals surface area (Å²) >= 11 is 0. The minimum atomic E-state index is -0.481. The van der Waals surface area contributed by atoms with Crippen LogP contribution < -0.4 is 11.5 Å². The van der Waals surface area contributed by atoms with Gasteiger partial charge in [0, 0.05) is 0 Å². The number of primary amides is 2. The molecule has 0 aromatic heterocycles. The minimum Gasteiger partial charge on any atom is -0.366 e. The molecule has 0 atom stereocenters. The summed E-state index contributed by atoms with van der Waals surface area (Å²) < 4.78 is 0. The van der Waals surface area contributed by atoms with Gasteiger partial charge < -0.3 is 11.5 Å². The van der Waals surface area contributed by atoms with Crippen molar-refractivity contribution in [3.8, 4) is 0 Å². The lowest BCUT2D eigenvalue weighted by Gasteiger charge is -2.00. The summed E-state index contributed by atoms with van der Waals surface area (Å²) in [4.78, 5) is 18.9. The Labute approximate surface area is 141 Å². The van der Waals surface area contributed by atoms with Gasteiger partial charge in [-0.1, -0.05) is 61.7 Å². The standard InChI is InChI=1S/C14H10.2C3H5NO/c1-2-6-12-10-14-8-4-3-7-13(14)9-11(12)5-1;2*1-2-3(4)5/h1-10H;2*2H,1H2,(H2,4,5). The van der Waals surface area contributed by atoms with Gasteiger partial charge in [0.15, 0.2) is 0 Å². The molecular formula is C20H20N2O2. The average molecular weight is 320 g/mol. The molecule has 0 unspecified atom stereocenters. The van der Waals surface area contributed by atoms with Crippen LogP contribution in [-0.2, 0) is 9.59 Å². The Kier molecular flexibility index (Phi) is 7.45. The third-order valence-corrected chi connectivity index (χ3v) is 3.02. The van der Waals surface area contributed by atoms with Crippen LogP contribution >= 0.6 is 0 Å². The van der Waals surface area contributed by atoms with Crippen LogP contribution in [0.1, 0.15) is 0 Å². The summed E-state index contributed by atoms with van der Waals surface area (Å²) in [7, 11) is 0. The maximum atomic E-state index is 9.47. The van der Waals surface area contributed by atoms with E-state index in [1.54, 1.807) is 0 Å². The number of carbonyl (C=O) groups excluding carboxylic acids is 2. The molecule has 4 nitrogen and oxygen atoms in total. The number of hydrogen-bond donors (Lipinski definition) is 2. The number of rotatable bonds is 2. The highest BCUT2D eigenvalue weighted by Gasteiger charge is 1.95. The number of nitrogens with two attached hydrogens (primary N) is 2. The van der Waals surface area contributed by atoms with Gasteiger partial charge in [-0.3, -0.25) is 9.59 Å². The van der Waals surface area contributed by atoms with E-state index in [2.05, 4.69) is 85.3 Å². The lowest BCUT2D eigenvalue weighted by molar-refractivity contribution is -0.114. The molecule has 0 saturated carbocycles. The van der Waals surface area contributed by atoms with Gasteiger partial charge >= 0.3 is 0 Å². The van der Waals surface area contributed by atoms with Crippen LogP contribution in [0.4, 0.5) is 0 Å². The van der Waals surface area contributed by atoms with Crippen LogP contribution in [0.15, 0.2) is 86.0 Å². The van der Waals surface area contributed by atoms with Gasteiger partial charge in [0.05, 0.1) is 0 Å². The minimum absolute atomic E-state index is 0.481. The first-order valence-electron chi connectivity index (χ1n) is 7.19. The van der Waals surface area contributed by atoms with Crippen molar-refractivity contribution in [2.45, 2.75) is 0 Å². The summed E-state index contributed by atoms with van der Waals surface area (Å²) in [5.41, 5.74) is 9.07. The highest BCUT2D eigenvalue weighted by atomic mass is 16.1. The molecule has 0 aliphatic carbocycles. The van der Waals surface area contributed by atoms with E-state index >= 15 is 0 Å². The molecule has 122 valence electrons. The molecule has 3 rings (SSSR count). The van der Waals surface area contributed by atoms with Crippen molar-refractivity contribution in [1.29, 1.82) is 0 Å². The van der Waals surface area contributed by atoms with E-state index in [0.717, 1.165) is 12.2 Å². The molecular weight excluding hydrogens is 300 g/mol. The van der Waals surface area contributed by atoms with Crippen molar-refractivity contribution in [3.05, 3.63) is 86.0 Å². The van der Waals surface area contributed by atoms with E-state index < -0.39 is 11.8 Å². The molecule has 3 aromatic rings. The molecule has 0 aliphatic rings. The Balaban J connectivity index is 0.000000243. The van der Waals surface area contributed by atoms with Crippen LogP contribution in [0, 0.1) is 0 Å². The fourth-order valence-electron chi connectivity index (χ4n) is 1.88. The molecule has 0 heterocycles. The van der Waals surface area contributed by atoms with Crippen LogP contribution in [0.3, 0.4) is 0 Å². The van der Waals surface area contributed by atoms with E-state index in [-0.39, 0.29) is 0 Å². The summed E-state index contributed by atoms with van der Waals surface area (Å²) in [6.07, 6.45) is 2.11. The van der Waals surface area contributed by atoms with E-state index in [0.29, 0.717) is 0 Å². The zero-order valence-corrected chi connectivity index (χ0v) is 13.3. The maximum absolute atomic E-state index is 9.47. The molecule has 0 aliphatic heterocycles. The van der Waals surface area contributed by atoms with E-state index in [1.165, 1.54) is 21.5 Å². The summed E-state index contributed by atoms with van der Waals surface area (Å²) in [6, 6.07) is 21.4. The number of amides is 2. The van der Waals surface area contributed by atoms with Gasteiger partial charge in [-0.15, -0.1) is 0 Å². The van der Waals surface area contributed by atoms with Crippen LogP contribution in [0.5, 0.6) is 0 Å². The SMILES string of the molecule is C=CC(N)=O.C=CC(N)=O.c1ccc2cc3ccccc3cc2c1. The Morgan fingerprint density at radius 1 is 0.667 bits per heavy atom. The first-order chi connectivity index (χ1) is 11.5. The number of carbonyl (C=O) groups is 2. The maximum Gasteiger partial charge on any atom is 0.240 e. The smallest absolute Gasteiger partial charge is 0.240 e. The quantitative estimate of drug-likeness (QED) is 0.560. The predicted octanol–water partition coefficient (Wildman–Crippen LogP) is 3.31. The van der Waals surface area contributed by atoms with Crippen molar-refractivity contribution in [2.75, 3.05) is 0 Å². The Bertz CT molecular complexity index is 747. The summed E-state index contributed by atoms with van der Waals surface area (Å²) in [5, 5.41) is 5.25. The number of benzene rings is 3. The highest BCUT2D eigenvalue weighted by molar-refractivity contribution is 5.98. The lowest BCUT2D eigenvalue weighted by Crippen LogP contribution is -2.04. The number of hydrogen-bond acceptors (Lipinski definition) is 2. The fourth-order valence-corrected chi connectivity index (χ4v) is 1.88. The van der Waals surface area contributed by atoms with Gasteiger partial charge in [-0.05, 0) is 45.8 Å². The molecule has 0 fully saturated rings. The van der Waals surface area contributed by atoms with Crippen molar-refractivity contribution >= 4 is 33.4 Å². The fraction of sp³-hybridized carbons (Fsp3) is 0.